The maximum Gasteiger partial charge on any atom is -0.0407 e. The van der Waals surface area contributed by atoms with Gasteiger partial charge in [-0.15, -0.1) is 8.93 Å². The van der Waals surface area contributed by atoms with Gasteiger partial charge < -0.3 is 0 Å². The molecule has 0 aromatic heterocycles. The summed E-state index contributed by atoms with van der Waals surface area (Å²) in [6, 6.07) is 0. The van der Waals surface area contributed by atoms with Crippen LogP contribution in [0.15, 0.2) is 0 Å². The van der Waals surface area contributed by atoms with Gasteiger partial charge in [0.05, 0.1) is 0 Å². The SMILES string of the molecule is CP(C)PPP. The van der Waals surface area contributed by atoms with Gasteiger partial charge in [-0.25, -0.2) is 0 Å². The van der Waals surface area contributed by atoms with Crippen LogP contribution in [0.25, 0.3) is 0 Å². The third-order valence-corrected chi connectivity index (χ3v) is 11.3. The Morgan fingerprint density at radius 3 is 2.00 bits per heavy atom. The van der Waals surface area contributed by atoms with E-state index in [0.29, 0.717) is 7.61 Å². The van der Waals surface area contributed by atoms with Gasteiger partial charge in [-0.2, -0.15) is 0 Å². The molecule has 0 amide bonds. The van der Waals surface area contributed by atoms with E-state index in [9.17, 15) is 0 Å². The van der Waals surface area contributed by atoms with Gasteiger partial charge >= 0.3 is 0 Å². The lowest BCUT2D eigenvalue weighted by Crippen LogP contribution is -1.40. The van der Waals surface area contributed by atoms with E-state index in [0.717, 1.165) is 7.96 Å². The second kappa shape index (κ2) is 4.87. The van der Waals surface area contributed by atoms with E-state index in [4.69, 9.17) is 0 Å². The normalized spacial score (nSPS) is 14.0. The van der Waals surface area contributed by atoms with Crippen molar-refractivity contribution in [3.05, 3.63) is 0 Å². The van der Waals surface area contributed by atoms with Crippen LogP contribution < -0.4 is 0 Å². The van der Waals surface area contributed by atoms with Crippen LogP contribution in [0.1, 0.15) is 0 Å². The first kappa shape index (κ1) is 7.72. The predicted molar refractivity (Wildman–Crippen MR) is 45.1 cm³/mol. The summed E-state index contributed by atoms with van der Waals surface area (Å²) in [5.41, 5.74) is 0. The van der Waals surface area contributed by atoms with Gasteiger partial charge in [0.2, 0.25) is 0 Å². The summed E-state index contributed by atoms with van der Waals surface area (Å²) in [5, 5.41) is 0. The van der Waals surface area contributed by atoms with Gasteiger partial charge in [0.1, 0.15) is 0 Å². The summed E-state index contributed by atoms with van der Waals surface area (Å²) in [6.45, 7) is 4.65. The highest BCUT2D eigenvalue weighted by atomic mass is 32.6. The summed E-state index contributed by atoms with van der Waals surface area (Å²) in [4.78, 5) is 0. The molecule has 0 N–H and O–H groups in total. The molecule has 0 spiro atoms. The molecule has 0 rings (SSSR count). The van der Waals surface area contributed by atoms with E-state index in [1.165, 1.54) is 7.96 Å². The molecule has 0 aliphatic carbocycles. The van der Waals surface area contributed by atoms with Gasteiger partial charge in [-0.1, -0.05) is 23.5 Å². The van der Waals surface area contributed by atoms with Crippen molar-refractivity contribution in [3.8, 4) is 0 Å². The predicted octanol–water partition coefficient (Wildman–Crippen LogP) is 2.71. The Balaban J connectivity index is 2.63. The van der Waals surface area contributed by atoms with Crippen molar-refractivity contribution in [1.29, 1.82) is 0 Å². The molecular weight excluding hydrogens is 148 g/mol. The first-order valence-corrected chi connectivity index (χ1v) is 9.54. The second-order valence-electron chi connectivity index (χ2n) is 1.15. The molecule has 0 saturated heterocycles. The molecule has 0 aliphatic rings. The average Bonchev–Trinajstić information content (AvgIpc) is 1.35. The zero-order chi connectivity index (χ0) is 4.99. The van der Waals surface area contributed by atoms with Crippen LogP contribution in [0.5, 0.6) is 0 Å². The Hall–Kier alpha value is 1.72. The number of rotatable bonds is 2. The van der Waals surface area contributed by atoms with E-state index in [2.05, 4.69) is 22.3 Å². The molecule has 0 nitrogen and oxygen atoms in total. The molecular formula is C2H10P4. The first-order valence-electron chi connectivity index (χ1n) is 1.66. The largest absolute Gasteiger partial charge is 0.110 e. The van der Waals surface area contributed by atoms with Crippen molar-refractivity contribution < 1.29 is 0 Å². The lowest BCUT2D eigenvalue weighted by Gasteiger charge is -1.97. The Morgan fingerprint density at radius 1 is 1.50 bits per heavy atom. The van der Waals surface area contributed by atoms with Crippen molar-refractivity contribution in [1.82, 2.24) is 0 Å². The first-order chi connectivity index (χ1) is 2.77. The zero-order valence-corrected chi connectivity index (χ0v) is 8.07. The fourth-order valence-electron chi connectivity index (χ4n) is 0.129. The van der Waals surface area contributed by atoms with E-state index in [1.54, 1.807) is 0 Å². The second-order valence-corrected chi connectivity index (χ2v) is 12.3. The van der Waals surface area contributed by atoms with Crippen LogP contribution in [0.3, 0.4) is 0 Å². The lowest BCUT2D eigenvalue weighted by atomic mass is 11.9. The minimum atomic E-state index is 0.419. The van der Waals surface area contributed by atoms with E-state index >= 15 is 0 Å². The zero-order valence-electron chi connectivity index (χ0n) is 4.02. The van der Waals surface area contributed by atoms with Crippen molar-refractivity contribution >= 4 is 32.5 Å². The molecule has 3 unspecified atom stereocenters. The van der Waals surface area contributed by atoms with Crippen LogP contribution in [-0.2, 0) is 0 Å². The molecule has 0 aromatic rings. The standard InChI is InChI=1S/C2H10P4/c1-6(2)5-4-3/h4-5H,3H2,1-2H3. The van der Waals surface area contributed by atoms with Crippen molar-refractivity contribution in [2.24, 2.45) is 0 Å². The fourth-order valence-corrected chi connectivity index (χ4v) is 10.5. The van der Waals surface area contributed by atoms with Crippen molar-refractivity contribution in [2.45, 2.75) is 0 Å². The molecule has 4 heteroatoms. The highest BCUT2D eigenvalue weighted by molar-refractivity contribution is 8.60. The monoisotopic (exact) mass is 158 g/mol. The summed E-state index contributed by atoms with van der Waals surface area (Å²) < 4.78 is 0. The molecule has 6 heavy (non-hydrogen) atoms. The van der Waals surface area contributed by atoms with E-state index < -0.39 is 0 Å². The maximum atomic E-state index is 2.78. The summed E-state index contributed by atoms with van der Waals surface area (Å²) >= 11 is 0. The summed E-state index contributed by atoms with van der Waals surface area (Å²) in [6.07, 6.45) is 0. The Labute approximate surface area is 46.4 Å². The van der Waals surface area contributed by atoms with Gasteiger partial charge in [0.25, 0.3) is 0 Å². The number of hydrogen-bond acceptors (Lipinski definition) is 0. The van der Waals surface area contributed by atoms with Gasteiger partial charge in [-0.05, 0) is 13.3 Å². The minimum absolute atomic E-state index is 0.419. The van der Waals surface area contributed by atoms with Crippen LogP contribution in [0.2, 0.25) is 0 Å². The van der Waals surface area contributed by atoms with Gasteiger partial charge in [0, 0.05) is 0 Å². The molecule has 0 fully saturated rings. The lowest BCUT2D eigenvalue weighted by molar-refractivity contribution is 2.30. The molecule has 0 heterocycles. The van der Waals surface area contributed by atoms with E-state index in [-0.39, 0.29) is 0 Å². The molecule has 0 saturated carbocycles. The minimum Gasteiger partial charge on any atom is -0.110 e. The highest BCUT2D eigenvalue weighted by Crippen LogP contribution is 2.63. The van der Waals surface area contributed by atoms with E-state index in [1.807, 2.05) is 0 Å². The molecule has 3 atom stereocenters. The van der Waals surface area contributed by atoms with Crippen molar-refractivity contribution in [2.75, 3.05) is 13.3 Å². The smallest absolute Gasteiger partial charge is 0.0407 e. The molecule has 38 valence electrons. The third-order valence-electron chi connectivity index (χ3n) is 0.288. The molecule has 0 aliphatic heterocycles. The Bertz CT molecular complexity index is 26.7. The molecule has 0 bridgehead atoms. The van der Waals surface area contributed by atoms with Gasteiger partial charge in [-0.3, -0.25) is 0 Å². The molecule has 0 aromatic carbocycles. The Morgan fingerprint density at radius 2 is 2.00 bits per heavy atom. The van der Waals surface area contributed by atoms with Crippen LogP contribution in [0.4, 0.5) is 0 Å². The van der Waals surface area contributed by atoms with Crippen LogP contribution >= 0.6 is 32.5 Å². The quantitative estimate of drug-likeness (QED) is 0.542. The van der Waals surface area contributed by atoms with Crippen LogP contribution in [-0.4, -0.2) is 13.3 Å². The third kappa shape index (κ3) is 5.72. The molecule has 0 radical (unpaired) electrons. The summed E-state index contributed by atoms with van der Waals surface area (Å²) in [5.74, 6) is 0. The van der Waals surface area contributed by atoms with Crippen molar-refractivity contribution in [3.63, 3.8) is 0 Å². The van der Waals surface area contributed by atoms with Gasteiger partial charge in [0.15, 0.2) is 0 Å². The average molecular weight is 158 g/mol. The fraction of sp³-hybridized carbons (Fsp3) is 1.00. The van der Waals surface area contributed by atoms with Crippen LogP contribution in [0, 0.1) is 0 Å². The summed E-state index contributed by atoms with van der Waals surface area (Å²) in [7, 11) is 5.54. The number of hydrogen-bond donors (Lipinski definition) is 0. The topological polar surface area (TPSA) is 0 Å². The highest BCUT2D eigenvalue weighted by Gasteiger charge is 1.83. The Kier molecular flexibility index (Phi) is 6.26. The maximum absolute atomic E-state index is 2.78.